The third-order valence-electron chi connectivity index (χ3n) is 1.32. The minimum absolute atomic E-state index is 0.360. The van der Waals surface area contributed by atoms with Gasteiger partial charge >= 0.3 is 0 Å². The van der Waals surface area contributed by atoms with Crippen LogP contribution < -0.4 is 9.47 Å². The Labute approximate surface area is 78.3 Å². The average molecular weight is 186 g/mol. The number of hydrogen-bond acceptors (Lipinski definition) is 2. The first-order valence-electron chi connectivity index (χ1n) is 4.15. The summed E-state index contributed by atoms with van der Waals surface area (Å²) >= 11 is 0. The van der Waals surface area contributed by atoms with E-state index in [4.69, 9.17) is 9.47 Å². The van der Waals surface area contributed by atoms with Crippen LogP contribution in [-0.4, -0.2) is 14.2 Å². The molecule has 3 heteroatoms. The summed E-state index contributed by atoms with van der Waals surface area (Å²) in [5.74, 6) is 0.560. The second-order valence-electron chi connectivity index (χ2n) is 2.03. The van der Waals surface area contributed by atoms with Crippen molar-refractivity contribution in [3.8, 4) is 11.5 Å². The summed E-state index contributed by atoms with van der Waals surface area (Å²) in [6.07, 6.45) is 0. The van der Waals surface area contributed by atoms with Crippen LogP contribution in [0.5, 0.6) is 11.5 Å². The largest absolute Gasteiger partial charge is 0.497 e. The number of hydrogen-bond donors (Lipinski definition) is 0. The first kappa shape index (κ1) is 11.8. The van der Waals surface area contributed by atoms with E-state index in [1.807, 2.05) is 13.8 Å². The molecule has 74 valence electrons. The molecule has 1 aromatic rings. The fourth-order valence-corrected chi connectivity index (χ4v) is 0.773. The average Bonchev–Trinajstić information content (AvgIpc) is 2.20. The molecule has 0 aliphatic rings. The lowest BCUT2D eigenvalue weighted by atomic mass is 10.3. The molecule has 13 heavy (non-hydrogen) atoms. The zero-order valence-electron chi connectivity index (χ0n) is 8.43. The number of ether oxygens (including phenoxy) is 2. The number of methoxy groups -OCH3 is 2. The smallest absolute Gasteiger partial charge is 0.130 e. The van der Waals surface area contributed by atoms with E-state index in [-0.39, 0.29) is 5.82 Å². The third-order valence-corrected chi connectivity index (χ3v) is 1.32. The normalized spacial score (nSPS) is 8.38. The molecule has 0 radical (unpaired) electrons. The van der Waals surface area contributed by atoms with Crippen molar-refractivity contribution in [1.82, 2.24) is 0 Å². The Morgan fingerprint density at radius 1 is 0.923 bits per heavy atom. The van der Waals surface area contributed by atoms with Crippen molar-refractivity contribution in [3.05, 3.63) is 24.0 Å². The van der Waals surface area contributed by atoms with E-state index in [1.54, 1.807) is 6.07 Å². The second kappa shape index (κ2) is 6.29. The van der Waals surface area contributed by atoms with Crippen molar-refractivity contribution < 1.29 is 13.9 Å². The van der Waals surface area contributed by atoms with Gasteiger partial charge in [-0.2, -0.15) is 0 Å². The molecular weight excluding hydrogens is 171 g/mol. The topological polar surface area (TPSA) is 18.5 Å². The van der Waals surface area contributed by atoms with E-state index in [0.29, 0.717) is 11.5 Å². The number of benzene rings is 1. The van der Waals surface area contributed by atoms with E-state index in [1.165, 1.54) is 26.4 Å². The van der Waals surface area contributed by atoms with E-state index in [2.05, 4.69) is 0 Å². The van der Waals surface area contributed by atoms with Crippen LogP contribution in [0, 0.1) is 5.82 Å². The van der Waals surface area contributed by atoms with E-state index in [0.717, 1.165) is 0 Å². The van der Waals surface area contributed by atoms with Gasteiger partial charge < -0.3 is 9.47 Å². The summed E-state index contributed by atoms with van der Waals surface area (Å²) in [4.78, 5) is 0. The molecule has 0 unspecified atom stereocenters. The van der Waals surface area contributed by atoms with Gasteiger partial charge in [-0.1, -0.05) is 13.8 Å². The molecule has 1 aromatic carbocycles. The highest BCUT2D eigenvalue weighted by molar-refractivity contribution is 5.33. The van der Waals surface area contributed by atoms with Crippen LogP contribution in [0.2, 0.25) is 0 Å². The van der Waals surface area contributed by atoms with E-state index >= 15 is 0 Å². The van der Waals surface area contributed by atoms with Gasteiger partial charge in [0, 0.05) is 18.2 Å². The minimum Gasteiger partial charge on any atom is -0.497 e. The van der Waals surface area contributed by atoms with Crippen LogP contribution in [0.4, 0.5) is 4.39 Å². The summed E-state index contributed by atoms with van der Waals surface area (Å²) in [7, 11) is 2.96. The first-order valence-corrected chi connectivity index (χ1v) is 4.15. The Balaban J connectivity index is 0.000000671. The van der Waals surface area contributed by atoms with Gasteiger partial charge in [0.05, 0.1) is 14.2 Å². The lowest BCUT2D eigenvalue weighted by molar-refractivity contribution is 0.388. The molecular formula is C10H15FO2. The van der Waals surface area contributed by atoms with Crippen LogP contribution in [0.25, 0.3) is 0 Å². The summed E-state index contributed by atoms with van der Waals surface area (Å²) in [6, 6.07) is 4.20. The van der Waals surface area contributed by atoms with Crippen LogP contribution in [-0.2, 0) is 0 Å². The zero-order valence-corrected chi connectivity index (χ0v) is 8.43. The highest BCUT2D eigenvalue weighted by Gasteiger charge is 1.99. The highest BCUT2D eigenvalue weighted by Crippen LogP contribution is 2.20. The van der Waals surface area contributed by atoms with Gasteiger partial charge in [-0.25, -0.2) is 4.39 Å². The molecule has 0 saturated heterocycles. The molecule has 0 heterocycles. The SMILES string of the molecule is CC.COc1cc(F)cc(OC)c1. The van der Waals surface area contributed by atoms with Crippen molar-refractivity contribution >= 4 is 0 Å². The van der Waals surface area contributed by atoms with Crippen molar-refractivity contribution in [2.24, 2.45) is 0 Å². The Kier molecular flexibility index (Phi) is 5.68. The molecule has 0 fully saturated rings. The maximum Gasteiger partial charge on any atom is 0.130 e. The number of rotatable bonds is 2. The maximum absolute atomic E-state index is 12.6. The van der Waals surface area contributed by atoms with Gasteiger partial charge in [0.2, 0.25) is 0 Å². The molecule has 0 bridgehead atoms. The molecule has 0 atom stereocenters. The Morgan fingerprint density at radius 3 is 1.62 bits per heavy atom. The molecule has 0 spiro atoms. The Hall–Kier alpha value is -1.25. The van der Waals surface area contributed by atoms with Gasteiger partial charge in [0.1, 0.15) is 17.3 Å². The van der Waals surface area contributed by atoms with Crippen LogP contribution in [0.1, 0.15) is 13.8 Å². The molecule has 0 aromatic heterocycles. The van der Waals surface area contributed by atoms with Crippen molar-refractivity contribution in [2.75, 3.05) is 14.2 Å². The molecule has 0 aliphatic carbocycles. The minimum atomic E-state index is -0.360. The van der Waals surface area contributed by atoms with Crippen LogP contribution in [0.3, 0.4) is 0 Å². The predicted molar refractivity (Wildman–Crippen MR) is 50.9 cm³/mol. The van der Waals surface area contributed by atoms with E-state index in [9.17, 15) is 4.39 Å². The fourth-order valence-electron chi connectivity index (χ4n) is 0.773. The van der Waals surface area contributed by atoms with Gasteiger partial charge in [0.25, 0.3) is 0 Å². The fraction of sp³-hybridized carbons (Fsp3) is 0.400. The number of halogens is 1. The molecule has 0 aliphatic heterocycles. The first-order chi connectivity index (χ1) is 6.26. The van der Waals surface area contributed by atoms with Gasteiger partial charge in [-0.15, -0.1) is 0 Å². The zero-order chi connectivity index (χ0) is 10.3. The van der Waals surface area contributed by atoms with Gasteiger partial charge in [0.15, 0.2) is 0 Å². The molecule has 0 saturated carbocycles. The van der Waals surface area contributed by atoms with Crippen molar-refractivity contribution in [2.45, 2.75) is 13.8 Å². The molecule has 0 amide bonds. The summed E-state index contributed by atoms with van der Waals surface area (Å²) in [5, 5.41) is 0. The Bertz CT molecular complexity index is 226. The predicted octanol–water partition coefficient (Wildman–Crippen LogP) is 2.87. The van der Waals surface area contributed by atoms with E-state index < -0.39 is 0 Å². The van der Waals surface area contributed by atoms with Gasteiger partial charge in [-0.05, 0) is 0 Å². The van der Waals surface area contributed by atoms with Crippen LogP contribution >= 0.6 is 0 Å². The Morgan fingerprint density at radius 2 is 1.31 bits per heavy atom. The van der Waals surface area contributed by atoms with Crippen LogP contribution in [0.15, 0.2) is 18.2 Å². The monoisotopic (exact) mass is 186 g/mol. The molecule has 1 rings (SSSR count). The third kappa shape index (κ3) is 3.78. The standard InChI is InChI=1S/C8H9FO2.C2H6/c1-10-7-3-6(9)4-8(5-7)11-2;1-2/h3-5H,1-2H3;1-2H3. The quantitative estimate of drug-likeness (QED) is 0.707. The summed E-state index contributed by atoms with van der Waals surface area (Å²) in [6.45, 7) is 4.00. The maximum atomic E-state index is 12.6. The molecule has 0 N–H and O–H groups in total. The van der Waals surface area contributed by atoms with Gasteiger partial charge in [-0.3, -0.25) is 0 Å². The highest BCUT2D eigenvalue weighted by atomic mass is 19.1. The lowest BCUT2D eigenvalue weighted by Crippen LogP contribution is -1.88. The molecule has 2 nitrogen and oxygen atoms in total. The summed E-state index contributed by atoms with van der Waals surface area (Å²) < 4.78 is 22.3. The van der Waals surface area contributed by atoms with Crippen molar-refractivity contribution in [3.63, 3.8) is 0 Å². The summed E-state index contributed by atoms with van der Waals surface area (Å²) in [5.41, 5.74) is 0. The second-order valence-corrected chi connectivity index (χ2v) is 2.03. The van der Waals surface area contributed by atoms with Crippen molar-refractivity contribution in [1.29, 1.82) is 0 Å². The lowest BCUT2D eigenvalue weighted by Gasteiger charge is -2.02.